The van der Waals surface area contributed by atoms with E-state index in [1.807, 2.05) is 0 Å². The van der Waals surface area contributed by atoms with Gasteiger partial charge in [-0.15, -0.1) is 11.3 Å². The van der Waals surface area contributed by atoms with Crippen molar-refractivity contribution in [1.29, 1.82) is 5.26 Å². The maximum Gasteiger partial charge on any atom is 0.257 e. The predicted octanol–water partition coefficient (Wildman–Crippen LogP) is 4.42. The second kappa shape index (κ2) is 6.37. The molecule has 4 nitrogen and oxygen atoms in total. The third-order valence-corrected chi connectivity index (χ3v) is 5.92. The summed E-state index contributed by atoms with van der Waals surface area (Å²) in [7, 11) is 0. The SMILES string of the molecule is CC(C)(C)[C@H]1CCc2c(sc(NC(=O)c3cccnc3)c2C#N)C1. The molecule has 0 spiro atoms. The molecule has 0 aromatic carbocycles. The number of hydrogen-bond donors (Lipinski definition) is 1. The van der Waals surface area contributed by atoms with Gasteiger partial charge in [0.1, 0.15) is 11.1 Å². The average Bonchev–Trinajstić information content (AvgIpc) is 2.90. The molecule has 2 aromatic heterocycles. The zero-order valence-electron chi connectivity index (χ0n) is 14.2. The first kappa shape index (κ1) is 16.7. The van der Waals surface area contributed by atoms with Gasteiger partial charge in [0.25, 0.3) is 5.91 Å². The van der Waals surface area contributed by atoms with Gasteiger partial charge in [-0.25, -0.2) is 0 Å². The van der Waals surface area contributed by atoms with Gasteiger partial charge >= 0.3 is 0 Å². The maximum absolute atomic E-state index is 12.4. The van der Waals surface area contributed by atoms with Crippen molar-refractivity contribution in [3.05, 3.63) is 46.1 Å². The van der Waals surface area contributed by atoms with E-state index in [9.17, 15) is 10.1 Å². The highest BCUT2D eigenvalue weighted by Gasteiger charge is 2.32. The van der Waals surface area contributed by atoms with Crippen LogP contribution in [0.3, 0.4) is 0 Å². The molecule has 1 N–H and O–H groups in total. The van der Waals surface area contributed by atoms with E-state index in [2.05, 4.69) is 37.1 Å². The van der Waals surface area contributed by atoms with Gasteiger partial charge in [-0.3, -0.25) is 9.78 Å². The quantitative estimate of drug-likeness (QED) is 0.881. The highest BCUT2D eigenvalue weighted by Crippen LogP contribution is 2.44. The number of fused-ring (bicyclic) bond motifs is 1. The number of amides is 1. The van der Waals surface area contributed by atoms with Crippen molar-refractivity contribution in [2.45, 2.75) is 40.0 Å². The highest BCUT2D eigenvalue weighted by atomic mass is 32.1. The number of thiophene rings is 1. The van der Waals surface area contributed by atoms with Crippen LogP contribution in [0.5, 0.6) is 0 Å². The summed E-state index contributed by atoms with van der Waals surface area (Å²) in [6.45, 7) is 6.81. The number of carbonyl (C=O) groups excluding carboxylic acids is 1. The summed E-state index contributed by atoms with van der Waals surface area (Å²) in [5.74, 6) is 0.391. The van der Waals surface area contributed by atoms with Gasteiger partial charge in [0.15, 0.2) is 0 Å². The maximum atomic E-state index is 12.4. The molecule has 0 radical (unpaired) electrons. The molecule has 0 fully saturated rings. The topological polar surface area (TPSA) is 65.8 Å². The van der Waals surface area contributed by atoms with Gasteiger partial charge in [-0.05, 0) is 48.3 Å². The lowest BCUT2D eigenvalue weighted by molar-refractivity contribution is 0.102. The Morgan fingerprint density at radius 2 is 2.25 bits per heavy atom. The van der Waals surface area contributed by atoms with E-state index < -0.39 is 0 Å². The molecule has 3 rings (SSSR count). The number of carbonyl (C=O) groups is 1. The van der Waals surface area contributed by atoms with E-state index in [-0.39, 0.29) is 11.3 Å². The highest BCUT2D eigenvalue weighted by molar-refractivity contribution is 7.16. The van der Waals surface area contributed by atoms with Crippen molar-refractivity contribution in [1.82, 2.24) is 4.98 Å². The molecule has 0 saturated carbocycles. The number of anilines is 1. The number of rotatable bonds is 2. The van der Waals surface area contributed by atoms with Gasteiger partial charge in [-0.2, -0.15) is 5.26 Å². The average molecular weight is 339 g/mol. The second-order valence-electron chi connectivity index (χ2n) is 7.32. The first-order chi connectivity index (χ1) is 11.4. The number of nitrogens with one attached hydrogen (secondary N) is 1. The third-order valence-electron chi connectivity index (χ3n) is 4.75. The van der Waals surface area contributed by atoms with E-state index in [0.29, 0.717) is 22.0 Å². The summed E-state index contributed by atoms with van der Waals surface area (Å²) in [4.78, 5) is 17.6. The van der Waals surface area contributed by atoms with E-state index in [4.69, 9.17) is 0 Å². The molecular formula is C19H21N3OS. The van der Waals surface area contributed by atoms with Crippen LogP contribution >= 0.6 is 11.3 Å². The van der Waals surface area contributed by atoms with Crippen molar-refractivity contribution in [2.75, 3.05) is 5.32 Å². The molecule has 1 aliphatic carbocycles. The summed E-state index contributed by atoms with van der Waals surface area (Å²) in [6.07, 6.45) is 6.16. The molecule has 124 valence electrons. The van der Waals surface area contributed by atoms with Gasteiger partial charge in [-0.1, -0.05) is 20.8 Å². The molecular weight excluding hydrogens is 318 g/mol. The van der Waals surface area contributed by atoms with Crippen LogP contribution in [0.2, 0.25) is 0 Å². The molecule has 2 heterocycles. The Morgan fingerprint density at radius 1 is 1.46 bits per heavy atom. The van der Waals surface area contributed by atoms with Crippen LogP contribution in [0.15, 0.2) is 24.5 Å². The summed E-state index contributed by atoms with van der Waals surface area (Å²) < 4.78 is 0. The number of aromatic nitrogens is 1. The Balaban J connectivity index is 1.87. The molecule has 1 amide bonds. The van der Waals surface area contributed by atoms with Crippen LogP contribution in [-0.2, 0) is 12.8 Å². The largest absolute Gasteiger partial charge is 0.312 e. The first-order valence-electron chi connectivity index (χ1n) is 8.16. The standard InChI is InChI=1S/C19H21N3OS/c1-19(2,3)13-6-7-14-15(10-20)18(24-16(14)9-13)22-17(23)12-5-4-8-21-11-12/h4-5,8,11,13H,6-7,9H2,1-3H3,(H,22,23)/t13-/m0/s1. The monoisotopic (exact) mass is 339 g/mol. The summed E-state index contributed by atoms with van der Waals surface area (Å²) >= 11 is 1.55. The zero-order valence-corrected chi connectivity index (χ0v) is 15.0. The Morgan fingerprint density at radius 3 is 2.88 bits per heavy atom. The van der Waals surface area contributed by atoms with Crippen molar-refractivity contribution in [3.63, 3.8) is 0 Å². The molecule has 2 aromatic rings. The lowest BCUT2D eigenvalue weighted by atomic mass is 9.72. The molecule has 1 aliphatic rings. The fourth-order valence-corrected chi connectivity index (χ4v) is 4.48. The lowest BCUT2D eigenvalue weighted by Gasteiger charge is -2.33. The Bertz CT molecular complexity index is 796. The zero-order chi connectivity index (χ0) is 17.3. The van der Waals surface area contributed by atoms with Gasteiger partial charge in [0.2, 0.25) is 0 Å². The summed E-state index contributed by atoms with van der Waals surface area (Å²) in [5.41, 5.74) is 2.53. The fraction of sp³-hybridized carbons (Fsp3) is 0.421. The molecule has 0 saturated heterocycles. The second-order valence-corrected chi connectivity index (χ2v) is 8.43. The predicted molar refractivity (Wildman–Crippen MR) is 96.2 cm³/mol. The van der Waals surface area contributed by atoms with E-state index in [1.165, 1.54) is 11.1 Å². The molecule has 0 aliphatic heterocycles. The van der Waals surface area contributed by atoms with Crippen molar-refractivity contribution >= 4 is 22.2 Å². The van der Waals surface area contributed by atoms with Crippen LogP contribution in [-0.4, -0.2) is 10.9 Å². The van der Waals surface area contributed by atoms with Crippen molar-refractivity contribution in [3.8, 4) is 6.07 Å². The molecule has 0 unspecified atom stereocenters. The van der Waals surface area contributed by atoms with E-state index in [0.717, 1.165) is 24.8 Å². The van der Waals surface area contributed by atoms with Crippen LogP contribution in [0.4, 0.5) is 5.00 Å². The molecule has 1 atom stereocenters. The smallest absolute Gasteiger partial charge is 0.257 e. The number of pyridine rings is 1. The molecule has 24 heavy (non-hydrogen) atoms. The lowest BCUT2D eigenvalue weighted by Crippen LogP contribution is -2.26. The van der Waals surface area contributed by atoms with Crippen LogP contribution in [0.25, 0.3) is 0 Å². The minimum Gasteiger partial charge on any atom is -0.312 e. The van der Waals surface area contributed by atoms with Crippen molar-refractivity contribution in [2.24, 2.45) is 11.3 Å². The summed E-state index contributed by atoms with van der Waals surface area (Å²) in [6, 6.07) is 5.74. The minimum absolute atomic E-state index is 0.217. The number of nitrogens with zero attached hydrogens (tertiary/aromatic N) is 2. The normalized spacial score (nSPS) is 17.0. The van der Waals surface area contributed by atoms with E-state index >= 15 is 0 Å². The minimum atomic E-state index is -0.217. The van der Waals surface area contributed by atoms with E-state index in [1.54, 1.807) is 29.7 Å². The summed E-state index contributed by atoms with van der Waals surface area (Å²) in [5, 5.41) is 13.1. The van der Waals surface area contributed by atoms with Crippen LogP contribution in [0.1, 0.15) is 53.6 Å². The first-order valence-corrected chi connectivity index (χ1v) is 8.98. The number of nitriles is 1. The Labute approximate surface area is 146 Å². The van der Waals surface area contributed by atoms with Gasteiger partial charge in [0.05, 0.1) is 11.1 Å². The van der Waals surface area contributed by atoms with Crippen molar-refractivity contribution < 1.29 is 4.79 Å². The molecule has 0 bridgehead atoms. The third kappa shape index (κ3) is 3.20. The fourth-order valence-electron chi connectivity index (χ4n) is 3.20. The Hall–Kier alpha value is -2.19. The molecule has 5 heteroatoms. The van der Waals surface area contributed by atoms with Crippen LogP contribution < -0.4 is 5.32 Å². The van der Waals surface area contributed by atoms with Gasteiger partial charge < -0.3 is 5.32 Å². The van der Waals surface area contributed by atoms with Gasteiger partial charge in [0, 0.05) is 17.3 Å². The van der Waals surface area contributed by atoms with Crippen LogP contribution in [0, 0.1) is 22.7 Å². The Kier molecular flexibility index (Phi) is 4.42. The number of hydrogen-bond acceptors (Lipinski definition) is 4.